The van der Waals surface area contributed by atoms with Crippen LogP contribution in [-0.4, -0.2) is 14.3 Å². The standard InChI is InChI=1S/C25H19F2NO4S/c26-20-12-13-24(23(27)15-20)28(16-21-5-4-14-32-21)25(29)19-10-8-18(9-11-19)17-33(30,31)22-6-2-1-3-7-22/h1-15H,16-17H2. The number of halogens is 2. The highest BCUT2D eigenvalue weighted by atomic mass is 32.2. The van der Waals surface area contributed by atoms with Crippen molar-refractivity contribution >= 4 is 21.4 Å². The molecule has 8 heteroatoms. The van der Waals surface area contributed by atoms with Gasteiger partial charge in [-0.1, -0.05) is 30.3 Å². The van der Waals surface area contributed by atoms with E-state index >= 15 is 0 Å². The second kappa shape index (κ2) is 9.38. The van der Waals surface area contributed by atoms with Crippen molar-refractivity contribution in [1.29, 1.82) is 0 Å². The van der Waals surface area contributed by atoms with Gasteiger partial charge in [0.05, 0.1) is 29.1 Å². The van der Waals surface area contributed by atoms with Crippen LogP contribution in [0.3, 0.4) is 0 Å². The Labute approximate surface area is 189 Å². The van der Waals surface area contributed by atoms with Gasteiger partial charge in [0.15, 0.2) is 9.84 Å². The topological polar surface area (TPSA) is 67.6 Å². The molecule has 1 heterocycles. The van der Waals surface area contributed by atoms with Crippen molar-refractivity contribution in [1.82, 2.24) is 0 Å². The van der Waals surface area contributed by atoms with E-state index in [4.69, 9.17) is 4.42 Å². The van der Waals surface area contributed by atoms with E-state index in [-0.39, 0.29) is 28.4 Å². The van der Waals surface area contributed by atoms with Crippen molar-refractivity contribution in [3.63, 3.8) is 0 Å². The molecule has 3 aromatic carbocycles. The largest absolute Gasteiger partial charge is 0.467 e. The number of hydrogen-bond acceptors (Lipinski definition) is 4. The third-order valence-corrected chi connectivity index (χ3v) is 6.70. The van der Waals surface area contributed by atoms with Crippen LogP contribution in [-0.2, 0) is 22.1 Å². The Morgan fingerprint density at radius 3 is 2.24 bits per heavy atom. The Hall–Kier alpha value is -3.78. The summed E-state index contributed by atoms with van der Waals surface area (Å²) < 4.78 is 58.4. The average molecular weight is 467 g/mol. The molecule has 0 spiro atoms. The zero-order valence-electron chi connectivity index (χ0n) is 17.3. The lowest BCUT2D eigenvalue weighted by molar-refractivity contribution is 0.0982. The summed E-state index contributed by atoms with van der Waals surface area (Å²) >= 11 is 0. The van der Waals surface area contributed by atoms with Crippen LogP contribution in [0.25, 0.3) is 0 Å². The highest BCUT2D eigenvalue weighted by molar-refractivity contribution is 7.90. The molecule has 0 bridgehead atoms. The first-order chi connectivity index (χ1) is 15.8. The minimum absolute atomic E-state index is 0.0709. The van der Waals surface area contributed by atoms with Crippen LogP contribution < -0.4 is 4.90 Å². The minimum Gasteiger partial charge on any atom is -0.467 e. The van der Waals surface area contributed by atoms with Crippen molar-refractivity contribution in [3.8, 4) is 0 Å². The van der Waals surface area contributed by atoms with Crippen LogP contribution in [0.15, 0.2) is 101 Å². The number of benzene rings is 3. The molecule has 0 atom stereocenters. The zero-order chi connectivity index (χ0) is 23.4. The van der Waals surface area contributed by atoms with Gasteiger partial charge in [-0.05, 0) is 54.1 Å². The fourth-order valence-corrected chi connectivity index (χ4v) is 4.72. The van der Waals surface area contributed by atoms with E-state index in [1.54, 1.807) is 42.5 Å². The molecule has 0 fully saturated rings. The van der Waals surface area contributed by atoms with E-state index in [9.17, 15) is 22.0 Å². The lowest BCUT2D eigenvalue weighted by Crippen LogP contribution is -2.31. The second-order valence-corrected chi connectivity index (χ2v) is 9.33. The van der Waals surface area contributed by atoms with Gasteiger partial charge in [0.2, 0.25) is 0 Å². The number of rotatable bonds is 7. The Kier molecular flexibility index (Phi) is 6.37. The molecule has 168 valence electrons. The third kappa shape index (κ3) is 5.18. The van der Waals surface area contributed by atoms with Crippen molar-refractivity contribution in [3.05, 3.63) is 120 Å². The number of carbonyl (C=O) groups is 1. The maximum absolute atomic E-state index is 14.5. The molecule has 0 saturated heterocycles. The molecule has 0 N–H and O–H groups in total. The van der Waals surface area contributed by atoms with Crippen molar-refractivity contribution in [2.75, 3.05) is 4.90 Å². The SMILES string of the molecule is O=C(c1ccc(CS(=O)(=O)c2ccccc2)cc1)N(Cc1ccco1)c1ccc(F)cc1F. The molecule has 0 aliphatic rings. The number of carbonyl (C=O) groups excluding carboxylic acids is 1. The molecule has 33 heavy (non-hydrogen) atoms. The van der Waals surface area contributed by atoms with Crippen LogP contribution in [0.5, 0.6) is 0 Å². The smallest absolute Gasteiger partial charge is 0.258 e. The first-order valence-corrected chi connectivity index (χ1v) is 11.6. The molecule has 0 aliphatic heterocycles. The van der Waals surface area contributed by atoms with Crippen LogP contribution in [0.2, 0.25) is 0 Å². The van der Waals surface area contributed by atoms with E-state index in [1.807, 2.05) is 0 Å². The summed E-state index contributed by atoms with van der Waals surface area (Å²) in [5.41, 5.74) is 0.612. The quantitative estimate of drug-likeness (QED) is 0.366. The zero-order valence-corrected chi connectivity index (χ0v) is 18.1. The summed E-state index contributed by atoms with van der Waals surface area (Å²) in [6, 6.07) is 20.4. The molecule has 0 unspecified atom stereocenters. The monoisotopic (exact) mass is 467 g/mol. The summed E-state index contributed by atoms with van der Waals surface area (Å²) in [6.07, 6.45) is 1.43. The summed E-state index contributed by atoms with van der Waals surface area (Å²) in [7, 11) is -3.54. The highest BCUT2D eigenvalue weighted by Crippen LogP contribution is 2.25. The van der Waals surface area contributed by atoms with E-state index < -0.39 is 27.4 Å². The molecule has 5 nitrogen and oxygen atoms in total. The predicted molar refractivity (Wildman–Crippen MR) is 119 cm³/mol. The molecule has 4 aromatic rings. The van der Waals surface area contributed by atoms with Gasteiger partial charge in [0, 0.05) is 11.6 Å². The summed E-state index contributed by atoms with van der Waals surface area (Å²) in [4.78, 5) is 14.6. The first kappa shape index (κ1) is 22.4. The van der Waals surface area contributed by atoms with Crippen LogP contribution in [0, 0.1) is 11.6 Å². The lowest BCUT2D eigenvalue weighted by atomic mass is 10.1. The number of amides is 1. The number of anilines is 1. The average Bonchev–Trinajstić information content (AvgIpc) is 3.32. The molecular formula is C25H19F2NO4S. The van der Waals surface area contributed by atoms with Crippen molar-refractivity contribution < 1.29 is 26.4 Å². The Morgan fingerprint density at radius 1 is 0.879 bits per heavy atom. The molecule has 1 amide bonds. The maximum Gasteiger partial charge on any atom is 0.258 e. The second-order valence-electron chi connectivity index (χ2n) is 7.34. The van der Waals surface area contributed by atoms with E-state index in [2.05, 4.69) is 0 Å². The van der Waals surface area contributed by atoms with Crippen LogP contribution in [0.1, 0.15) is 21.7 Å². The molecule has 0 aliphatic carbocycles. The molecule has 1 aromatic heterocycles. The van der Waals surface area contributed by atoms with E-state index in [0.29, 0.717) is 17.4 Å². The molecule has 0 radical (unpaired) electrons. The molecule has 4 rings (SSSR count). The molecule has 0 saturated carbocycles. The van der Waals surface area contributed by atoms with Gasteiger partial charge in [-0.3, -0.25) is 9.69 Å². The Bertz CT molecular complexity index is 1350. The number of sulfone groups is 1. The Morgan fingerprint density at radius 2 is 1.61 bits per heavy atom. The van der Waals surface area contributed by atoms with Gasteiger partial charge in [-0.2, -0.15) is 0 Å². The van der Waals surface area contributed by atoms with Crippen LogP contribution in [0.4, 0.5) is 14.5 Å². The van der Waals surface area contributed by atoms with Crippen molar-refractivity contribution in [2.24, 2.45) is 0 Å². The third-order valence-electron chi connectivity index (χ3n) is 5.00. The fourth-order valence-electron chi connectivity index (χ4n) is 3.35. The van der Waals surface area contributed by atoms with Gasteiger partial charge in [-0.15, -0.1) is 0 Å². The van der Waals surface area contributed by atoms with Gasteiger partial charge < -0.3 is 4.42 Å². The van der Waals surface area contributed by atoms with Gasteiger partial charge in [-0.25, -0.2) is 17.2 Å². The van der Waals surface area contributed by atoms with E-state index in [1.165, 1.54) is 36.6 Å². The van der Waals surface area contributed by atoms with Gasteiger partial charge >= 0.3 is 0 Å². The summed E-state index contributed by atoms with van der Waals surface area (Å²) in [5, 5.41) is 0. The number of furan rings is 1. The Balaban J connectivity index is 1.60. The summed E-state index contributed by atoms with van der Waals surface area (Å²) in [6.45, 7) is -0.0709. The fraction of sp³-hybridized carbons (Fsp3) is 0.0800. The molecular weight excluding hydrogens is 448 g/mol. The number of hydrogen-bond donors (Lipinski definition) is 0. The first-order valence-electron chi connectivity index (χ1n) is 9.99. The summed E-state index contributed by atoms with van der Waals surface area (Å²) in [5.74, 6) is -2.01. The maximum atomic E-state index is 14.5. The minimum atomic E-state index is -3.54. The van der Waals surface area contributed by atoms with Gasteiger partial charge in [0.25, 0.3) is 5.91 Å². The highest BCUT2D eigenvalue weighted by Gasteiger charge is 2.23. The number of nitrogens with zero attached hydrogens (tertiary/aromatic N) is 1. The predicted octanol–water partition coefficient (Wildman–Crippen LogP) is 5.38. The lowest BCUT2D eigenvalue weighted by Gasteiger charge is -2.22. The van der Waals surface area contributed by atoms with Crippen molar-refractivity contribution in [2.45, 2.75) is 17.2 Å². The van der Waals surface area contributed by atoms with Crippen LogP contribution >= 0.6 is 0 Å². The van der Waals surface area contributed by atoms with E-state index in [0.717, 1.165) is 11.0 Å². The van der Waals surface area contributed by atoms with Gasteiger partial charge in [0.1, 0.15) is 17.4 Å². The normalized spacial score (nSPS) is 11.3.